The van der Waals surface area contributed by atoms with Crippen LogP contribution < -0.4 is 4.74 Å². The summed E-state index contributed by atoms with van der Waals surface area (Å²) in [7, 11) is 1.65. The van der Waals surface area contributed by atoms with Gasteiger partial charge >= 0.3 is 5.97 Å². The van der Waals surface area contributed by atoms with Crippen molar-refractivity contribution in [2.24, 2.45) is 0 Å². The molecule has 21 heavy (non-hydrogen) atoms. The third-order valence-corrected chi connectivity index (χ3v) is 4.57. The Balaban J connectivity index is 2.03. The number of methoxy groups -OCH3 is 1. The summed E-state index contributed by atoms with van der Waals surface area (Å²) in [6.45, 7) is 3.65. The Labute approximate surface area is 126 Å². The Bertz CT molecular complexity index is 465. The van der Waals surface area contributed by atoms with E-state index in [0.29, 0.717) is 6.42 Å². The Morgan fingerprint density at radius 3 is 2.38 bits per heavy atom. The number of carboxylic acids is 1. The predicted octanol–water partition coefficient (Wildman–Crippen LogP) is 2.96. The molecule has 0 spiro atoms. The normalized spacial score (nSPS) is 19.0. The molecule has 0 bridgehead atoms. The third kappa shape index (κ3) is 3.76. The molecule has 0 aliphatic carbocycles. The van der Waals surface area contributed by atoms with Crippen LogP contribution in [-0.2, 0) is 11.2 Å². The van der Waals surface area contributed by atoms with Crippen molar-refractivity contribution in [3.8, 4) is 5.75 Å². The zero-order chi connectivity index (χ0) is 15.3. The number of benzene rings is 1. The van der Waals surface area contributed by atoms with Crippen molar-refractivity contribution in [2.45, 2.75) is 44.6 Å². The zero-order valence-corrected chi connectivity index (χ0v) is 13.0. The van der Waals surface area contributed by atoms with Gasteiger partial charge in [-0.2, -0.15) is 0 Å². The molecule has 4 nitrogen and oxygen atoms in total. The number of carboxylic acid groups (broad SMARTS) is 1. The van der Waals surface area contributed by atoms with Crippen LogP contribution in [0, 0.1) is 0 Å². The van der Waals surface area contributed by atoms with Gasteiger partial charge in [0.15, 0.2) is 0 Å². The number of ether oxygens (including phenoxy) is 1. The van der Waals surface area contributed by atoms with E-state index >= 15 is 0 Å². The topological polar surface area (TPSA) is 49.8 Å². The number of nitrogens with zero attached hydrogens (tertiary/aromatic N) is 1. The van der Waals surface area contributed by atoms with Crippen LogP contribution in [0.2, 0.25) is 0 Å². The van der Waals surface area contributed by atoms with E-state index in [4.69, 9.17) is 4.74 Å². The number of likely N-dealkylation sites (tertiary alicyclic amines) is 1. The van der Waals surface area contributed by atoms with E-state index in [1.165, 1.54) is 6.42 Å². The van der Waals surface area contributed by atoms with Crippen molar-refractivity contribution in [1.29, 1.82) is 0 Å². The van der Waals surface area contributed by atoms with Crippen LogP contribution in [-0.4, -0.2) is 41.7 Å². The Morgan fingerprint density at radius 1 is 1.24 bits per heavy atom. The second-order valence-electron chi connectivity index (χ2n) is 5.97. The van der Waals surface area contributed by atoms with E-state index in [1.54, 1.807) is 7.11 Å². The van der Waals surface area contributed by atoms with E-state index in [1.807, 2.05) is 31.2 Å². The van der Waals surface area contributed by atoms with Crippen LogP contribution in [0.4, 0.5) is 0 Å². The minimum Gasteiger partial charge on any atom is -0.497 e. The molecule has 1 aromatic rings. The van der Waals surface area contributed by atoms with Crippen molar-refractivity contribution in [1.82, 2.24) is 4.90 Å². The first-order valence-corrected chi connectivity index (χ1v) is 7.67. The fourth-order valence-electron chi connectivity index (χ4n) is 2.97. The molecule has 1 saturated heterocycles. The molecule has 0 saturated carbocycles. The lowest BCUT2D eigenvalue weighted by Crippen LogP contribution is -2.54. The minimum atomic E-state index is -0.764. The van der Waals surface area contributed by atoms with Crippen LogP contribution in [0.15, 0.2) is 24.3 Å². The highest BCUT2D eigenvalue weighted by Crippen LogP contribution is 2.26. The first-order valence-electron chi connectivity index (χ1n) is 7.67. The number of aryl methyl sites for hydroxylation is 1. The van der Waals surface area contributed by atoms with E-state index in [9.17, 15) is 9.90 Å². The van der Waals surface area contributed by atoms with E-state index in [-0.39, 0.29) is 0 Å². The smallest absolute Gasteiger partial charge is 0.323 e. The van der Waals surface area contributed by atoms with E-state index in [2.05, 4.69) is 4.90 Å². The number of piperidine rings is 1. The largest absolute Gasteiger partial charge is 0.497 e. The standard InChI is InChI=1S/C17H25NO3/c1-17(16(19)20,18-12-4-3-5-13-18)11-10-14-6-8-15(21-2)9-7-14/h6-9H,3-5,10-13H2,1-2H3,(H,19,20). The summed E-state index contributed by atoms with van der Waals surface area (Å²) in [4.78, 5) is 13.9. The average Bonchev–Trinajstić information content (AvgIpc) is 2.53. The number of aliphatic carboxylic acids is 1. The molecule has 2 rings (SSSR count). The van der Waals surface area contributed by atoms with Gasteiger partial charge in [0.05, 0.1) is 7.11 Å². The second kappa shape index (κ2) is 6.94. The van der Waals surface area contributed by atoms with Gasteiger partial charge in [-0.3, -0.25) is 9.69 Å². The van der Waals surface area contributed by atoms with Crippen LogP contribution in [0.5, 0.6) is 5.75 Å². The maximum Gasteiger partial charge on any atom is 0.323 e. The number of hydrogen-bond acceptors (Lipinski definition) is 3. The molecule has 1 atom stereocenters. The van der Waals surface area contributed by atoms with Gasteiger partial charge < -0.3 is 9.84 Å². The summed E-state index contributed by atoms with van der Waals surface area (Å²) < 4.78 is 5.15. The molecule has 1 heterocycles. The number of hydrogen-bond donors (Lipinski definition) is 1. The van der Waals surface area contributed by atoms with Gasteiger partial charge in [0.2, 0.25) is 0 Å². The lowest BCUT2D eigenvalue weighted by molar-refractivity contribution is -0.151. The highest BCUT2D eigenvalue weighted by Gasteiger charge is 2.39. The maximum absolute atomic E-state index is 11.8. The summed E-state index contributed by atoms with van der Waals surface area (Å²) in [6, 6.07) is 7.87. The number of carbonyl (C=O) groups is 1. The number of rotatable bonds is 6. The monoisotopic (exact) mass is 291 g/mol. The van der Waals surface area contributed by atoms with Gasteiger partial charge in [-0.1, -0.05) is 18.6 Å². The summed E-state index contributed by atoms with van der Waals surface area (Å²) in [6.07, 6.45) is 4.82. The van der Waals surface area contributed by atoms with Crippen molar-refractivity contribution in [3.05, 3.63) is 29.8 Å². The molecular weight excluding hydrogens is 266 g/mol. The van der Waals surface area contributed by atoms with Crippen LogP contribution in [0.25, 0.3) is 0 Å². The van der Waals surface area contributed by atoms with Crippen molar-refractivity contribution < 1.29 is 14.6 Å². The quantitative estimate of drug-likeness (QED) is 0.875. The molecule has 1 aromatic carbocycles. The Morgan fingerprint density at radius 2 is 1.86 bits per heavy atom. The Kier molecular flexibility index (Phi) is 5.23. The fourth-order valence-corrected chi connectivity index (χ4v) is 2.97. The van der Waals surface area contributed by atoms with Crippen LogP contribution >= 0.6 is 0 Å². The first kappa shape index (κ1) is 15.8. The zero-order valence-electron chi connectivity index (χ0n) is 13.0. The molecule has 1 fully saturated rings. The van der Waals surface area contributed by atoms with Crippen molar-refractivity contribution in [2.75, 3.05) is 20.2 Å². The molecule has 0 radical (unpaired) electrons. The molecule has 1 aliphatic heterocycles. The molecule has 116 valence electrons. The van der Waals surface area contributed by atoms with Gasteiger partial charge in [-0.15, -0.1) is 0 Å². The summed E-state index contributed by atoms with van der Waals surface area (Å²) >= 11 is 0. The minimum absolute atomic E-state index is 0.634. The summed E-state index contributed by atoms with van der Waals surface area (Å²) in [5.74, 6) is 0.119. The average molecular weight is 291 g/mol. The van der Waals surface area contributed by atoms with Gasteiger partial charge in [-0.05, 0) is 63.4 Å². The highest BCUT2D eigenvalue weighted by molar-refractivity contribution is 5.78. The van der Waals surface area contributed by atoms with Gasteiger partial charge in [-0.25, -0.2) is 0 Å². The van der Waals surface area contributed by atoms with E-state index in [0.717, 1.165) is 43.7 Å². The van der Waals surface area contributed by atoms with Crippen LogP contribution in [0.1, 0.15) is 38.2 Å². The van der Waals surface area contributed by atoms with E-state index < -0.39 is 11.5 Å². The maximum atomic E-state index is 11.8. The molecule has 1 aliphatic rings. The molecule has 0 amide bonds. The summed E-state index contributed by atoms with van der Waals surface area (Å²) in [5, 5.41) is 9.68. The highest BCUT2D eigenvalue weighted by atomic mass is 16.5. The van der Waals surface area contributed by atoms with Gasteiger partial charge in [0.1, 0.15) is 11.3 Å². The molecule has 0 aromatic heterocycles. The lowest BCUT2D eigenvalue weighted by Gasteiger charge is -2.40. The lowest BCUT2D eigenvalue weighted by atomic mass is 9.89. The van der Waals surface area contributed by atoms with Gasteiger partial charge in [0, 0.05) is 0 Å². The molecule has 1 N–H and O–H groups in total. The second-order valence-corrected chi connectivity index (χ2v) is 5.97. The van der Waals surface area contributed by atoms with Gasteiger partial charge in [0.25, 0.3) is 0 Å². The molecule has 4 heteroatoms. The molecule has 1 unspecified atom stereocenters. The SMILES string of the molecule is COc1ccc(CCC(C)(C(=O)O)N2CCCCC2)cc1. The fraction of sp³-hybridized carbons (Fsp3) is 0.588. The Hall–Kier alpha value is -1.55. The van der Waals surface area contributed by atoms with Crippen molar-refractivity contribution in [3.63, 3.8) is 0 Å². The first-order chi connectivity index (χ1) is 10.1. The molecular formula is C17H25NO3. The summed E-state index contributed by atoms with van der Waals surface area (Å²) in [5.41, 5.74) is 0.389. The predicted molar refractivity (Wildman–Crippen MR) is 82.8 cm³/mol. The van der Waals surface area contributed by atoms with Crippen molar-refractivity contribution >= 4 is 5.97 Å². The third-order valence-electron chi connectivity index (χ3n) is 4.57. The van der Waals surface area contributed by atoms with Crippen LogP contribution in [0.3, 0.4) is 0 Å².